The van der Waals surface area contributed by atoms with E-state index < -0.39 is 0 Å². The predicted octanol–water partition coefficient (Wildman–Crippen LogP) is 1.02. The summed E-state index contributed by atoms with van der Waals surface area (Å²) in [5.41, 5.74) is 6.10. The zero-order chi connectivity index (χ0) is 10.0. The van der Waals surface area contributed by atoms with E-state index >= 15 is 0 Å². The molecule has 0 bridgehead atoms. The molecule has 0 atom stereocenters. The topological polar surface area (TPSA) is 59.2 Å². The van der Waals surface area contributed by atoms with Crippen molar-refractivity contribution in [3.05, 3.63) is 23.0 Å². The van der Waals surface area contributed by atoms with E-state index in [1.807, 2.05) is 0 Å². The molecule has 0 unspecified atom stereocenters. The van der Waals surface area contributed by atoms with E-state index in [0.717, 1.165) is 0 Å². The van der Waals surface area contributed by atoms with Crippen molar-refractivity contribution >= 4 is 23.2 Å². The molecule has 5 heteroatoms. The number of hydrogen-bond acceptors (Lipinski definition) is 3. The second-order valence-corrected chi connectivity index (χ2v) is 3.21. The lowest BCUT2D eigenvalue weighted by molar-refractivity contribution is 0.0822. The number of pyridine rings is 1. The van der Waals surface area contributed by atoms with Gasteiger partial charge in [-0.05, 0) is 6.07 Å². The van der Waals surface area contributed by atoms with Gasteiger partial charge in [0.05, 0.1) is 16.9 Å². The molecule has 0 aromatic carbocycles. The number of halogens is 1. The Kier molecular flexibility index (Phi) is 2.72. The summed E-state index contributed by atoms with van der Waals surface area (Å²) in [4.78, 5) is 16.7. The molecule has 1 aromatic heterocycles. The zero-order valence-corrected chi connectivity index (χ0v) is 8.17. The second-order valence-electron chi connectivity index (χ2n) is 2.80. The van der Waals surface area contributed by atoms with Crippen molar-refractivity contribution in [3.63, 3.8) is 0 Å². The number of carbonyl (C=O) groups is 1. The van der Waals surface area contributed by atoms with E-state index in [4.69, 9.17) is 17.3 Å². The van der Waals surface area contributed by atoms with E-state index in [2.05, 4.69) is 4.98 Å². The maximum absolute atomic E-state index is 11.4. The van der Waals surface area contributed by atoms with Crippen LogP contribution in [0.5, 0.6) is 0 Å². The molecule has 0 saturated heterocycles. The van der Waals surface area contributed by atoms with Crippen LogP contribution in [0.3, 0.4) is 0 Å². The Hall–Kier alpha value is -1.29. The molecule has 0 aliphatic heterocycles. The highest BCUT2D eigenvalue weighted by Gasteiger charge is 2.13. The molecule has 1 heterocycles. The number of nitrogens with two attached hydrogens (primary N) is 1. The van der Waals surface area contributed by atoms with Gasteiger partial charge in [-0.1, -0.05) is 11.6 Å². The van der Waals surface area contributed by atoms with Crippen LogP contribution in [0.1, 0.15) is 10.5 Å². The van der Waals surface area contributed by atoms with Crippen LogP contribution in [0.15, 0.2) is 12.3 Å². The van der Waals surface area contributed by atoms with Gasteiger partial charge in [0.2, 0.25) is 0 Å². The van der Waals surface area contributed by atoms with E-state index in [0.29, 0.717) is 5.69 Å². The predicted molar refractivity (Wildman–Crippen MR) is 51.7 cm³/mol. The van der Waals surface area contributed by atoms with E-state index in [1.165, 1.54) is 17.2 Å². The lowest BCUT2D eigenvalue weighted by Gasteiger charge is -2.10. The van der Waals surface area contributed by atoms with Gasteiger partial charge in [0, 0.05) is 14.1 Å². The fourth-order valence-corrected chi connectivity index (χ4v) is 1.08. The molecule has 1 rings (SSSR count). The van der Waals surface area contributed by atoms with E-state index in [-0.39, 0.29) is 16.6 Å². The lowest BCUT2D eigenvalue weighted by atomic mass is 10.3. The van der Waals surface area contributed by atoms with Crippen molar-refractivity contribution in [2.75, 3.05) is 19.8 Å². The van der Waals surface area contributed by atoms with Gasteiger partial charge in [-0.15, -0.1) is 0 Å². The normalized spacial score (nSPS) is 9.77. The van der Waals surface area contributed by atoms with Crippen molar-refractivity contribution in [1.82, 2.24) is 9.88 Å². The van der Waals surface area contributed by atoms with Crippen LogP contribution in [0.25, 0.3) is 0 Å². The summed E-state index contributed by atoms with van der Waals surface area (Å²) in [7, 11) is 3.27. The molecule has 0 spiro atoms. The van der Waals surface area contributed by atoms with Gasteiger partial charge in [-0.3, -0.25) is 4.79 Å². The van der Waals surface area contributed by atoms with Crippen LogP contribution in [-0.2, 0) is 0 Å². The van der Waals surface area contributed by atoms with Crippen molar-refractivity contribution in [3.8, 4) is 0 Å². The third-order valence-corrected chi connectivity index (χ3v) is 1.76. The first-order valence-electron chi connectivity index (χ1n) is 3.65. The van der Waals surface area contributed by atoms with Crippen LogP contribution in [0, 0.1) is 0 Å². The van der Waals surface area contributed by atoms with Crippen molar-refractivity contribution in [2.45, 2.75) is 0 Å². The summed E-state index contributed by atoms with van der Waals surface area (Å²) in [6.07, 6.45) is 1.41. The fourth-order valence-electron chi connectivity index (χ4n) is 0.822. The first-order chi connectivity index (χ1) is 6.02. The number of amides is 1. The molecule has 4 nitrogen and oxygen atoms in total. The quantitative estimate of drug-likeness (QED) is 0.735. The van der Waals surface area contributed by atoms with Crippen molar-refractivity contribution < 1.29 is 4.79 Å². The number of aromatic nitrogens is 1. The molecule has 70 valence electrons. The Morgan fingerprint density at radius 2 is 2.23 bits per heavy atom. The minimum absolute atomic E-state index is 0.223. The smallest absolute Gasteiger partial charge is 0.273 e. The van der Waals surface area contributed by atoms with E-state index in [9.17, 15) is 4.79 Å². The highest BCUT2D eigenvalue weighted by atomic mass is 35.5. The van der Waals surface area contributed by atoms with Gasteiger partial charge in [0.25, 0.3) is 5.91 Å². The lowest BCUT2D eigenvalue weighted by Crippen LogP contribution is -2.23. The van der Waals surface area contributed by atoms with Gasteiger partial charge < -0.3 is 10.6 Å². The summed E-state index contributed by atoms with van der Waals surface area (Å²) < 4.78 is 0. The van der Waals surface area contributed by atoms with Crippen LogP contribution in [0.4, 0.5) is 5.69 Å². The summed E-state index contributed by atoms with van der Waals surface area (Å²) in [5, 5.41) is 0.277. The first-order valence-corrected chi connectivity index (χ1v) is 4.03. The van der Waals surface area contributed by atoms with Crippen LogP contribution in [0.2, 0.25) is 5.02 Å². The minimum Gasteiger partial charge on any atom is -0.397 e. The highest BCUT2D eigenvalue weighted by molar-refractivity contribution is 6.33. The third kappa shape index (κ3) is 2.09. The molecule has 0 aliphatic carbocycles. The maximum Gasteiger partial charge on any atom is 0.273 e. The Labute approximate surface area is 81.3 Å². The van der Waals surface area contributed by atoms with Crippen molar-refractivity contribution in [1.29, 1.82) is 0 Å². The van der Waals surface area contributed by atoms with E-state index in [1.54, 1.807) is 14.1 Å². The van der Waals surface area contributed by atoms with Crippen LogP contribution >= 0.6 is 11.6 Å². The molecule has 1 amide bonds. The minimum atomic E-state index is -0.231. The molecule has 0 radical (unpaired) electrons. The standard InChI is InChI=1S/C8H10ClN3O/c1-12(2)8(13)7-6(9)3-5(10)4-11-7/h3-4H,10H2,1-2H3. The summed E-state index contributed by atoms with van der Waals surface area (Å²) in [6, 6.07) is 1.51. The Bertz CT molecular complexity index is 338. The molecule has 0 fully saturated rings. The maximum atomic E-state index is 11.4. The first kappa shape index (κ1) is 9.80. The molecule has 1 aromatic rings. The largest absolute Gasteiger partial charge is 0.397 e. The van der Waals surface area contributed by atoms with Crippen molar-refractivity contribution in [2.24, 2.45) is 0 Å². The highest BCUT2D eigenvalue weighted by Crippen LogP contribution is 2.17. The summed E-state index contributed by atoms with van der Waals surface area (Å²) >= 11 is 5.78. The molecular formula is C8H10ClN3O. The average molecular weight is 200 g/mol. The second kappa shape index (κ2) is 3.62. The Balaban J connectivity index is 3.09. The average Bonchev–Trinajstić information content (AvgIpc) is 2.03. The molecule has 13 heavy (non-hydrogen) atoms. The molecule has 2 N–H and O–H groups in total. The SMILES string of the molecule is CN(C)C(=O)c1ncc(N)cc1Cl. The van der Waals surface area contributed by atoms with Gasteiger partial charge >= 0.3 is 0 Å². The van der Waals surface area contributed by atoms with Gasteiger partial charge in [0.15, 0.2) is 0 Å². The number of carbonyl (C=O) groups excluding carboxylic acids is 1. The van der Waals surface area contributed by atoms with Gasteiger partial charge in [-0.25, -0.2) is 4.98 Å². The van der Waals surface area contributed by atoms with Crippen LogP contribution in [-0.4, -0.2) is 29.9 Å². The van der Waals surface area contributed by atoms with Gasteiger partial charge in [0.1, 0.15) is 5.69 Å². The number of rotatable bonds is 1. The molecular weight excluding hydrogens is 190 g/mol. The Morgan fingerprint density at radius 3 is 2.69 bits per heavy atom. The summed E-state index contributed by atoms with van der Waals surface area (Å²) in [6.45, 7) is 0. The number of anilines is 1. The Morgan fingerprint density at radius 1 is 1.62 bits per heavy atom. The fraction of sp³-hybridized carbons (Fsp3) is 0.250. The molecule has 0 aliphatic rings. The van der Waals surface area contributed by atoms with Crippen LogP contribution < -0.4 is 5.73 Å². The zero-order valence-electron chi connectivity index (χ0n) is 7.41. The molecule has 0 saturated carbocycles. The number of nitrogens with zero attached hydrogens (tertiary/aromatic N) is 2. The third-order valence-electron chi connectivity index (χ3n) is 1.47. The monoisotopic (exact) mass is 199 g/mol. The number of hydrogen-bond donors (Lipinski definition) is 1. The summed E-state index contributed by atoms with van der Waals surface area (Å²) in [5.74, 6) is -0.231. The number of nitrogen functional groups attached to an aromatic ring is 1. The van der Waals surface area contributed by atoms with Gasteiger partial charge in [-0.2, -0.15) is 0 Å².